The minimum atomic E-state index is -0.0861. The first-order valence-electron chi connectivity index (χ1n) is 6.21. The largest absolute Gasteiger partial charge is 0.310 e. The van der Waals surface area contributed by atoms with Gasteiger partial charge >= 0.3 is 0 Å². The topological polar surface area (TPSA) is 45.8 Å². The van der Waals surface area contributed by atoms with Gasteiger partial charge < -0.3 is 4.98 Å². The molecule has 0 atom stereocenters. The van der Waals surface area contributed by atoms with Crippen LogP contribution in [0, 0.1) is 13.8 Å². The van der Waals surface area contributed by atoms with Crippen LogP contribution in [0.15, 0.2) is 47.3 Å². The Balaban J connectivity index is 2.25. The van der Waals surface area contributed by atoms with E-state index in [1.54, 1.807) is 6.92 Å². The molecule has 0 unspecified atom stereocenters. The van der Waals surface area contributed by atoms with Crippen LogP contribution in [0.1, 0.15) is 11.4 Å². The van der Waals surface area contributed by atoms with Gasteiger partial charge in [-0.2, -0.15) is 0 Å². The monoisotopic (exact) mass is 250 g/mol. The summed E-state index contributed by atoms with van der Waals surface area (Å²) in [6.45, 7) is 3.84. The molecule has 3 heteroatoms. The second kappa shape index (κ2) is 4.35. The Hall–Kier alpha value is -2.42. The van der Waals surface area contributed by atoms with Crippen molar-refractivity contribution in [2.24, 2.45) is 0 Å². The van der Waals surface area contributed by atoms with Gasteiger partial charge in [0, 0.05) is 0 Å². The van der Waals surface area contributed by atoms with Gasteiger partial charge in [0.2, 0.25) is 0 Å². The fraction of sp³-hybridized carbons (Fsp3) is 0.125. The van der Waals surface area contributed by atoms with E-state index >= 15 is 0 Å². The fourth-order valence-electron chi connectivity index (χ4n) is 2.26. The predicted molar refractivity (Wildman–Crippen MR) is 77.3 cm³/mol. The highest BCUT2D eigenvalue weighted by molar-refractivity contribution is 5.83. The van der Waals surface area contributed by atoms with Gasteiger partial charge in [0.15, 0.2) is 0 Å². The van der Waals surface area contributed by atoms with Gasteiger partial charge in [0.05, 0.1) is 10.9 Å². The van der Waals surface area contributed by atoms with Crippen molar-refractivity contribution in [3.63, 3.8) is 0 Å². The highest BCUT2D eigenvalue weighted by Gasteiger charge is 2.04. The lowest BCUT2D eigenvalue weighted by Gasteiger charge is -2.05. The Morgan fingerprint density at radius 2 is 1.79 bits per heavy atom. The smallest absolute Gasteiger partial charge is 0.258 e. The molecule has 0 aliphatic heterocycles. The highest BCUT2D eigenvalue weighted by atomic mass is 16.1. The average Bonchev–Trinajstić information content (AvgIpc) is 2.38. The van der Waals surface area contributed by atoms with Crippen molar-refractivity contribution >= 4 is 10.9 Å². The van der Waals surface area contributed by atoms with E-state index in [1.807, 2.05) is 30.3 Å². The molecule has 3 rings (SSSR count). The summed E-state index contributed by atoms with van der Waals surface area (Å²) in [5, 5.41) is 0.629. The Morgan fingerprint density at radius 1 is 1.00 bits per heavy atom. The van der Waals surface area contributed by atoms with Crippen LogP contribution in [0.5, 0.6) is 0 Å². The third kappa shape index (κ3) is 2.15. The molecule has 0 saturated heterocycles. The predicted octanol–water partition coefficient (Wildman–Crippen LogP) is 3.21. The number of hydrogen-bond donors (Lipinski definition) is 1. The van der Waals surface area contributed by atoms with Crippen molar-refractivity contribution in [1.29, 1.82) is 0 Å². The lowest BCUT2D eigenvalue weighted by Crippen LogP contribution is -2.09. The van der Waals surface area contributed by atoms with Crippen molar-refractivity contribution in [1.82, 2.24) is 9.97 Å². The van der Waals surface area contributed by atoms with E-state index in [-0.39, 0.29) is 5.56 Å². The van der Waals surface area contributed by atoms with Gasteiger partial charge in [0.1, 0.15) is 5.82 Å². The van der Waals surface area contributed by atoms with Crippen LogP contribution in [0.2, 0.25) is 0 Å². The molecular formula is C16H14N2O. The first kappa shape index (κ1) is 11.7. The van der Waals surface area contributed by atoms with Gasteiger partial charge in [-0.15, -0.1) is 0 Å². The number of fused-ring (bicyclic) bond motifs is 1. The third-order valence-electron chi connectivity index (χ3n) is 3.18. The average molecular weight is 250 g/mol. The van der Waals surface area contributed by atoms with Crippen LogP contribution in [0.25, 0.3) is 22.0 Å². The number of nitrogens with one attached hydrogen (secondary N) is 1. The van der Waals surface area contributed by atoms with Gasteiger partial charge in [-0.1, -0.05) is 35.9 Å². The number of aromatic nitrogens is 2. The molecule has 19 heavy (non-hydrogen) atoms. The Labute approximate surface area is 111 Å². The van der Waals surface area contributed by atoms with Crippen LogP contribution in [0.3, 0.4) is 0 Å². The maximum absolute atomic E-state index is 12.0. The van der Waals surface area contributed by atoms with Gasteiger partial charge in [0.25, 0.3) is 5.56 Å². The molecule has 1 N–H and O–H groups in total. The van der Waals surface area contributed by atoms with E-state index < -0.39 is 0 Å². The van der Waals surface area contributed by atoms with E-state index in [2.05, 4.69) is 29.0 Å². The maximum Gasteiger partial charge on any atom is 0.258 e. The summed E-state index contributed by atoms with van der Waals surface area (Å²) in [6, 6.07) is 14.0. The third-order valence-corrected chi connectivity index (χ3v) is 3.18. The standard InChI is InChI=1S/C16H14N2O/c1-10-4-3-5-12(8-10)13-6-7-15-14(9-13)16(19)18-11(2)17-15/h3-9H,1-2H3,(H,17,18,19). The fourth-order valence-corrected chi connectivity index (χ4v) is 2.26. The van der Waals surface area contributed by atoms with E-state index in [9.17, 15) is 4.79 Å². The molecule has 0 saturated carbocycles. The second-order valence-electron chi connectivity index (χ2n) is 4.75. The molecule has 1 heterocycles. The zero-order valence-electron chi connectivity index (χ0n) is 10.9. The van der Waals surface area contributed by atoms with E-state index in [0.717, 1.165) is 16.6 Å². The number of aryl methyl sites for hydroxylation is 2. The maximum atomic E-state index is 12.0. The van der Waals surface area contributed by atoms with Crippen LogP contribution < -0.4 is 5.56 Å². The lowest BCUT2D eigenvalue weighted by molar-refractivity contribution is 1.06. The van der Waals surface area contributed by atoms with Crippen LogP contribution >= 0.6 is 0 Å². The molecule has 0 bridgehead atoms. The van der Waals surface area contributed by atoms with Crippen molar-refractivity contribution in [2.75, 3.05) is 0 Å². The lowest BCUT2D eigenvalue weighted by atomic mass is 10.0. The van der Waals surface area contributed by atoms with Gasteiger partial charge in [-0.05, 0) is 37.1 Å². The molecule has 0 amide bonds. The van der Waals surface area contributed by atoms with E-state index in [4.69, 9.17) is 0 Å². The molecule has 0 aliphatic rings. The van der Waals surface area contributed by atoms with Crippen molar-refractivity contribution in [2.45, 2.75) is 13.8 Å². The molecule has 0 aliphatic carbocycles. The normalized spacial score (nSPS) is 10.8. The summed E-state index contributed by atoms with van der Waals surface area (Å²) in [7, 11) is 0. The molecule has 94 valence electrons. The Bertz CT molecular complexity index is 818. The summed E-state index contributed by atoms with van der Waals surface area (Å²) >= 11 is 0. The van der Waals surface area contributed by atoms with Crippen molar-refractivity contribution in [3.8, 4) is 11.1 Å². The zero-order valence-corrected chi connectivity index (χ0v) is 10.9. The number of rotatable bonds is 1. The molecule has 0 spiro atoms. The minimum Gasteiger partial charge on any atom is -0.310 e. The summed E-state index contributed by atoms with van der Waals surface area (Å²) in [6.07, 6.45) is 0. The quantitative estimate of drug-likeness (QED) is 0.720. The van der Waals surface area contributed by atoms with Gasteiger partial charge in [-0.3, -0.25) is 4.79 Å². The number of aromatic amines is 1. The Kier molecular flexibility index (Phi) is 2.67. The zero-order chi connectivity index (χ0) is 13.4. The summed E-state index contributed by atoms with van der Waals surface area (Å²) in [4.78, 5) is 19.0. The summed E-state index contributed by atoms with van der Waals surface area (Å²) in [5.74, 6) is 0.640. The Morgan fingerprint density at radius 3 is 2.58 bits per heavy atom. The first-order chi connectivity index (χ1) is 9.13. The van der Waals surface area contributed by atoms with Crippen LogP contribution in [-0.2, 0) is 0 Å². The van der Waals surface area contributed by atoms with Crippen LogP contribution in [0.4, 0.5) is 0 Å². The molecule has 3 nitrogen and oxygen atoms in total. The van der Waals surface area contributed by atoms with E-state index in [1.165, 1.54) is 5.56 Å². The van der Waals surface area contributed by atoms with Crippen LogP contribution in [-0.4, -0.2) is 9.97 Å². The van der Waals surface area contributed by atoms with Crippen molar-refractivity contribution < 1.29 is 0 Å². The minimum absolute atomic E-state index is 0.0861. The van der Waals surface area contributed by atoms with Crippen molar-refractivity contribution in [3.05, 3.63) is 64.2 Å². The SMILES string of the molecule is Cc1cccc(-c2ccc3nc(C)[nH]c(=O)c3c2)c1. The second-order valence-corrected chi connectivity index (χ2v) is 4.75. The molecule has 1 aromatic heterocycles. The molecule has 2 aromatic carbocycles. The van der Waals surface area contributed by atoms with E-state index in [0.29, 0.717) is 11.2 Å². The number of hydrogen-bond acceptors (Lipinski definition) is 2. The highest BCUT2D eigenvalue weighted by Crippen LogP contribution is 2.22. The van der Waals surface area contributed by atoms with Gasteiger partial charge in [-0.25, -0.2) is 4.98 Å². The summed E-state index contributed by atoms with van der Waals surface area (Å²) < 4.78 is 0. The molecule has 3 aromatic rings. The summed E-state index contributed by atoms with van der Waals surface area (Å²) in [5.41, 5.74) is 4.00. The molecule has 0 radical (unpaired) electrons. The molecular weight excluding hydrogens is 236 g/mol. The molecule has 0 fully saturated rings. The first-order valence-corrected chi connectivity index (χ1v) is 6.21. The number of nitrogens with zero attached hydrogens (tertiary/aromatic N) is 1. The number of benzene rings is 2. The number of H-pyrrole nitrogens is 1.